The van der Waals surface area contributed by atoms with Gasteiger partial charge in [0.15, 0.2) is 6.10 Å². The van der Waals surface area contributed by atoms with Gasteiger partial charge < -0.3 is 14.2 Å². The maximum atomic E-state index is 12.6. The van der Waals surface area contributed by atoms with Gasteiger partial charge in [0.2, 0.25) is 0 Å². The van der Waals surface area contributed by atoms with Gasteiger partial charge in [-0.25, -0.2) is 0 Å². The van der Waals surface area contributed by atoms with Gasteiger partial charge in [-0.2, -0.15) is 0 Å². The van der Waals surface area contributed by atoms with Gasteiger partial charge in [-0.3, -0.25) is 9.59 Å². The van der Waals surface area contributed by atoms with Crippen LogP contribution in [0.3, 0.4) is 0 Å². The van der Waals surface area contributed by atoms with Crippen LogP contribution in [0.25, 0.3) is 0 Å². The van der Waals surface area contributed by atoms with Crippen LogP contribution in [0.15, 0.2) is 97.2 Å². The van der Waals surface area contributed by atoms with Gasteiger partial charge >= 0.3 is 11.9 Å². The molecule has 0 amide bonds. The summed E-state index contributed by atoms with van der Waals surface area (Å²) in [5.41, 5.74) is 0. The second-order valence-electron chi connectivity index (χ2n) is 13.1. The van der Waals surface area contributed by atoms with Crippen LogP contribution in [0.2, 0.25) is 0 Å². The van der Waals surface area contributed by atoms with E-state index < -0.39 is 6.10 Å². The van der Waals surface area contributed by atoms with Gasteiger partial charge in [-0.15, -0.1) is 0 Å². The minimum Gasteiger partial charge on any atom is -0.462 e. The number of esters is 2. The molecule has 1 unspecified atom stereocenters. The Morgan fingerprint density at radius 1 is 0.442 bits per heavy atom. The first-order chi connectivity index (χ1) is 25.6. The van der Waals surface area contributed by atoms with Crippen LogP contribution < -0.4 is 0 Å². The van der Waals surface area contributed by atoms with Gasteiger partial charge in [0.05, 0.1) is 6.61 Å². The predicted molar refractivity (Wildman–Crippen MR) is 223 cm³/mol. The van der Waals surface area contributed by atoms with E-state index in [2.05, 4.69) is 118 Å². The molecule has 0 spiro atoms. The van der Waals surface area contributed by atoms with Crippen molar-refractivity contribution in [3.05, 3.63) is 97.2 Å². The summed E-state index contributed by atoms with van der Waals surface area (Å²) in [6.45, 7) is 7.43. The van der Waals surface area contributed by atoms with Crippen molar-refractivity contribution in [2.24, 2.45) is 0 Å². The molecule has 5 heteroatoms. The molecule has 0 saturated carbocycles. The maximum Gasteiger partial charge on any atom is 0.306 e. The first-order valence-electron chi connectivity index (χ1n) is 20.8. The molecule has 0 bridgehead atoms. The minimum atomic E-state index is -0.574. The first kappa shape index (κ1) is 48.8. The minimum absolute atomic E-state index is 0.0416. The zero-order valence-electron chi connectivity index (χ0n) is 33.5. The highest BCUT2D eigenvalue weighted by Gasteiger charge is 2.17. The molecule has 0 aromatic carbocycles. The van der Waals surface area contributed by atoms with Crippen LogP contribution >= 0.6 is 0 Å². The van der Waals surface area contributed by atoms with Gasteiger partial charge in [-0.05, 0) is 96.3 Å². The lowest BCUT2D eigenvalue weighted by Gasteiger charge is -2.18. The normalized spacial score (nSPS) is 13.2. The number of hydrogen-bond donors (Lipinski definition) is 0. The van der Waals surface area contributed by atoms with Crippen molar-refractivity contribution in [1.82, 2.24) is 0 Å². The summed E-state index contributed by atoms with van der Waals surface area (Å²) >= 11 is 0. The smallest absolute Gasteiger partial charge is 0.306 e. The SMILES string of the molecule is CC/C=C\C/C=C\C/C=C\C/C=C\CCCCC(=O)OCC(COCCCCCCCC)OC(=O)CCCC/C=C\C/C=C\C/C=C\C/C=C\CC. The summed E-state index contributed by atoms with van der Waals surface area (Å²) in [6, 6.07) is 0. The summed E-state index contributed by atoms with van der Waals surface area (Å²) < 4.78 is 17.1. The van der Waals surface area contributed by atoms with Crippen LogP contribution in [0.5, 0.6) is 0 Å². The molecule has 0 fully saturated rings. The van der Waals surface area contributed by atoms with E-state index in [1.54, 1.807) is 0 Å². The van der Waals surface area contributed by atoms with Crippen LogP contribution in [-0.4, -0.2) is 37.9 Å². The van der Waals surface area contributed by atoms with Crippen molar-refractivity contribution in [1.29, 1.82) is 0 Å². The molecular formula is C47H76O5. The lowest BCUT2D eigenvalue weighted by Crippen LogP contribution is -2.30. The van der Waals surface area contributed by atoms with E-state index in [4.69, 9.17) is 14.2 Å². The largest absolute Gasteiger partial charge is 0.462 e. The molecule has 0 aliphatic carbocycles. The molecule has 52 heavy (non-hydrogen) atoms. The van der Waals surface area contributed by atoms with Crippen LogP contribution in [0.4, 0.5) is 0 Å². The van der Waals surface area contributed by atoms with Crippen LogP contribution in [0.1, 0.15) is 162 Å². The Morgan fingerprint density at radius 2 is 0.865 bits per heavy atom. The predicted octanol–water partition coefficient (Wildman–Crippen LogP) is 13.5. The fourth-order valence-electron chi connectivity index (χ4n) is 5.08. The van der Waals surface area contributed by atoms with E-state index in [9.17, 15) is 9.59 Å². The highest BCUT2D eigenvalue weighted by Crippen LogP contribution is 2.09. The number of allylic oxidation sites excluding steroid dienone is 16. The van der Waals surface area contributed by atoms with E-state index >= 15 is 0 Å². The third-order valence-corrected chi connectivity index (χ3v) is 8.12. The molecule has 0 heterocycles. The number of hydrogen-bond acceptors (Lipinski definition) is 5. The van der Waals surface area contributed by atoms with Crippen molar-refractivity contribution in [3.63, 3.8) is 0 Å². The van der Waals surface area contributed by atoms with Crippen molar-refractivity contribution >= 4 is 11.9 Å². The summed E-state index contributed by atoms with van der Waals surface area (Å²) in [4.78, 5) is 25.1. The number of carbonyl (C=O) groups is 2. The molecule has 294 valence electrons. The van der Waals surface area contributed by atoms with E-state index in [1.807, 2.05) is 0 Å². The van der Waals surface area contributed by atoms with E-state index in [0.717, 1.165) is 103 Å². The second kappa shape index (κ2) is 42.2. The number of ether oxygens (including phenoxy) is 3. The molecule has 0 aromatic rings. The van der Waals surface area contributed by atoms with Crippen molar-refractivity contribution in [3.8, 4) is 0 Å². The van der Waals surface area contributed by atoms with Crippen molar-refractivity contribution in [2.45, 2.75) is 168 Å². The number of unbranched alkanes of at least 4 members (excludes halogenated alkanes) is 9. The standard InChI is InChI=1S/C47H76O5/c1-4-7-10-13-16-18-20-22-24-26-28-30-32-34-37-40-46(48)51-44-45(43-50-42-39-36-15-12-9-6-3)52-47(49)41-38-35-33-31-29-27-25-23-21-19-17-14-11-8-5-2/h7-8,10-11,16-19,22-25,28-31,45H,4-6,9,12-15,20-21,26-27,32-44H2,1-3H3/b10-7-,11-8-,18-16-,19-17-,24-22-,25-23-,30-28-,31-29-. The summed E-state index contributed by atoms with van der Waals surface area (Å²) in [6.07, 6.45) is 55.6. The van der Waals surface area contributed by atoms with Gasteiger partial charge in [0, 0.05) is 19.4 Å². The fraction of sp³-hybridized carbons (Fsp3) is 0.617. The van der Waals surface area contributed by atoms with Gasteiger partial charge in [-0.1, -0.05) is 150 Å². The highest BCUT2D eigenvalue weighted by atomic mass is 16.6. The first-order valence-corrected chi connectivity index (χ1v) is 20.8. The highest BCUT2D eigenvalue weighted by molar-refractivity contribution is 5.70. The van der Waals surface area contributed by atoms with E-state index in [0.29, 0.717) is 19.4 Å². The van der Waals surface area contributed by atoms with Crippen LogP contribution in [0, 0.1) is 0 Å². The van der Waals surface area contributed by atoms with Gasteiger partial charge in [0.25, 0.3) is 0 Å². The Bertz CT molecular complexity index is 1040. The Morgan fingerprint density at radius 3 is 1.35 bits per heavy atom. The molecule has 0 aromatic heterocycles. The molecular weight excluding hydrogens is 645 g/mol. The topological polar surface area (TPSA) is 61.8 Å². The third-order valence-electron chi connectivity index (χ3n) is 8.12. The molecule has 0 saturated heterocycles. The zero-order valence-corrected chi connectivity index (χ0v) is 33.5. The monoisotopic (exact) mass is 721 g/mol. The maximum absolute atomic E-state index is 12.6. The van der Waals surface area contributed by atoms with Crippen LogP contribution in [-0.2, 0) is 23.8 Å². The second-order valence-corrected chi connectivity index (χ2v) is 13.1. The van der Waals surface area contributed by atoms with Crippen molar-refractivity contribution in [2.75, 3.05) is 19.8 Å². The molecule has 1 atom stereocenters. The summed E-state index contributed by atoms with van der Waals surface area (Å²) in [5, 5.41) is 0. The Balaban J connectivity index is 4.33. The zero-order chi connectivity index (χ0) is 37.8. The van der Waals surface area contributed by atoms with Crippen molar-refractivity contribution < 1.29 is 23.8 Å². The summed E-state index contributed by atoms with van der Waals surface area (Å²) in [5.74, 6) is -0.507. The summed E-state index contributed by atoms with van der Waals surface area (Å²) in [7, 11) is 0. The molecule has 0 radical (unpaired) electrons. The van der Waals surface area contributed by atoms with E-state index in [1.165, 1.54) is 25.7 Å². The number of carbonyl (C=O) groups excluding carboxylic acids is 2. The fourth-order valence-corrected chi connectivity index (χ4v) is 5.08. The molecule has 0 aliphatic heterocycles. The molecule has 0 N–H and O–H groups in total. The molecule has 0 rings (SSSR count). The lowest BCUT2D eigenvalue weighted by molar-refractivity contribution is -0.163. The Hall–Kier alpha value is -3.18. The molecule has 0 aliphatic rings. The average Bonchev–Trinajstić information content (AvgIpc) is 3.14. The quantitative estimate of drug-likeness (QED) is 0.0366. The van der Waals surface area contributed by atoms with Gasteiger partial charge in [0.1, 0.15) is 6.61 Å². The lowest BCUT2D eigenvalue weighted by atomic mass is 10.1. The Labute approximate surface area is 320 Å². The molecule has 5 nitrogen and oxygen atoms in total. The van der Waals surface area contributed by atoms with E-state index in [-0.39, 0.29) is 25.2 Å². The number of rotatable bonds is 36. The Kier molecular flexibility index (Phi) is 39.7. The average molecular weight is 721 g/mol. The third kappa shape index (κ3) is 39.6.